The second-order valence-corrected chi connectivity index (χ2v) is 8.87. The first-order valence-electron chi connectivity index (χ1n) is 11.0. The number of aryl methyl sites for hydroxylation is 1. The van der Waals surface area contributed by atoms with Crippen molar-refractivity contribution in [2.75, 3.05) is 6.54 Å². The van der Waals surface area contributed by atoms with Gasteiger partial charge in [-0.25, -0.2) is 18.2 Å². The Bertz CT molecular complexity index is 1040. The number of benzene rings is 1. The van der Waals surface area contributed by atoms with Crippen LogP contribution >= 0.6 is 0 Å². The van der Waals surface area contributed by atoms with Crippen LogP contribution in [-0.2, 0) is 11.2 Å². The van der Waals surface area contributed by atoms with Crippen LogP contribution in [0.1, 0.15) is 47.4 Å². The van der Waals surface area contributed by atoms with Crippen molar-refractivity contribution in [2.24, 2.45) is 11.7 Å². The molecule has 4 rings (SSSR count). The highest BCUT2D eigenvalue weighted by Gasteiger charge is 2.44. The summed E-state index contributed by atoms with van der Waals surface area (Å²) < 4.78 is 40.7. The van der Waals surface area contributed by atoms with Crippen LogP contribution in [0.4, 0.5) is 13.2 Å². The molecule has 0 unspecified atom stereocenters. The minimum Gasteiger partial charge on any atom is -0.342 e. The van der Waals surface area contributed by atoms with Gasteiger partial charge in [0, 0.05) is 30.4 Å². The predicted molar refractivity (Wildman–Crippen MR) is 113 cm³/mol. The number of halogens is 3. The summed E-state index contributed by atoms with van der Waals surface area (Å²) in [5.74, 6) is -3.75. The van der Waals surface area contributed by atoms with Gasteiger partial charge in [-0.2, -0.15) is 0 Å². The van der Waals surface area contributed by atoms with Crippen LogP contribution in [0.2, 0.25) is 0 Å². The molecule has 2 aromatic rings. The number of aromatic nitrogens is 2. The molecule has 2 amide bonds. The molecule has 0 aliphatic carbocycles. The summed E-state index contributed by atoms with van der Waals surface area (Å²) in [6.07, 6.45) is 5.89. The van der Waals surface area contributed by atoms with Crippen LogP contribution in [0.3, 0.4) is 0 Å². The first kappa shape index (κ1) is 23.2. The highest BCUT2D eigenvalue weighted by molar-refractivity contribution is 5.94. The van der Waals surface area contributed by atoms with E-state index < -0.39 is 29.4 Å². The van der Waals surface area contributed by atoms with E-state index in [1.165, 1.54) is 12.4 Å². The Morgan fingerprint density at radius 1 is 1.09 bits per heavy atom. The Morgan fingerprint density at radius 3 is 2.39 bits per heavy atom. The lowest BCUT2D eigenvalue weighted by atomic mass is 9.82. The van der Waals surface area contributed by atoms with E-state index in [1.807, 2.05) is 4.90 Å². The van der Waals surface area contributed by atoms with Crippen molar-refractivity contribution < 1.29 is 22.8 Å². The Labute approximate surface area is 189 Å². The van der Waals surface area contributed by atoms with E-state index in [4.69, 9.17) is 5.73 Å². The van der Waals surface area contributed by atoms with E-state index in [-0.39, 0.29) is 48.1 Å². The summed E-state index contributed by atoms with van der Waals surface area (Å²) in [6.45, 7) is 1.62. The van der Waals surface area contributed by atoms with Gasteiger partial charge in [-0.15, -0.1) is 0 Å². The van der Waals surface area contributed by atoms with Crippen molar-refractivity contribution in [3.63, 3.8) is 0 Å². The number of fused-ring (bicyclic) bond motifs is 2. The van der Waals surface area contributed by atoms with Gasteiger partial charge in [0.05, 0.1) is 18.4 Å². The average molecular weight is 461 g/mol. The molecule has 2 aliphatic rings. The maximum absolute atomic E-state index is 14.0. The number of hydrogen-bond donors (Lipinski definition) is 2. The summed E-state index contributed by atoms with van der Waals surface area (Å²) in [5, 5.41) is 2.60. The molecule has 3 N–H and O–H groups in total. The Morgan fingerprint density at radius 2 is 1.76 bits per heavy atom. The summed E-state index contributed by atoms with van der Waals surface area (Å²) in [5.41, 5.74) is 7.21. The van der Waals surface area contributed by atoms with Crippen LogP contribution in [0.15, 0.2) is 24.5 Å². The first-order valence-corrected chi connectivity index (χ1v) is 11.0. The number of nitrogens with one attached hydrogen (secondary N) is 1. The van der Waals surface area contributed by atoms with Crippen LogP contribution in [0.25, 0.3) is 0 Å². The van der Waals surface area contributed by atoms with Crippen LogP contribution in [-0.4, -0.2) is 51.4 Å². The van der Waals surface area contributed by atoms with E-state index in [9.17, 15) is 22.8 Å². The first-order chi connectivity index (χ1) is 15.7. The van der Waals surface area contributed by atoms with Crippen molar-refractivity contribution in [2.45, 2.75) is 57.2 Å². The highest BCUT2D eigenvalue weighted by atomic mass is 19.2. The van der Waals surface area contributed by atoms with Gasteiger partial charge in [-0.1, -0.05) is 0 Å². The average Bonchev–Trinajstić information content (AvgIpc) is 3.05. The molecule has 2 fully saturated rings. The zero-order valence-corrected chi connectivity index (χ0v) is 18.2. The standard InChI is InChI=1S/C23H26F3N5O2/c1-12-9-29-21(10-28-12)23(33)30-11-22(32)31-15-2-3-16(31)5-14(4-15)20(27)7-13-6-18(25)19(26)8-17(13)24/h6,8-10,14-16,20H,2-5,7,11,27H2,1H3,(H,30,33)/t14-,15-,16+,20-/m1/s1. The molecular formula is C23H26F3N5O2. The molecule has 10 heteroatoms. The number of carbonyl (C=O) groups is 2. The lowest BCUT2D eigenvalue weighted by Gasteiger charge is -2.41. The van der Waals surface area contributed by atoms with Gasteiger partial charge in [0.15, 0.2) is 11.6 Å². The van der Waals surface area contributed by atoms with Crippen molar-refractivity contribution in [3.05, 3.63) is 58.9 Å². The van der Waals surface area contributed by atoms with Crippen molar-refractivity contribution >= 4 is 11.8 Å². The maximum Gasteiger partial charge on any atom is 0.271 e. The summed E-state index contributed by atoms with van der Waals surface area (Å²) in [6, 6.07) is 0.929. The molecule has 3 heterocycles. The molecule has 0 saturated carbocycles. The minimum atomic E-state index is -1.23. The SMILES string of the molecule is Cc1cnc(C(=O)NCC(=O)N2[C@@H]3CC[C@H]2C[C@H]([C@H](N)Cc2cc(F)c(F)cc2F)C3)cn1. The molecule has 2 aliphatic heterocycles. The predicted octanol–water partition coefficient (Wildman–Crippen LogP) is 2.27. The monoisotopic (exact) mass is 461 g/mol. The Kier molecular flexibility index (Phi) is 6.64. The van der Waals surface area contributed by atoms with Crippen molar-refractivity contribution in [1.29, 1.82) is 0 Å². The molecular weight excluding hydrogens is 435 g/mol. The van der Waals surface area contributed by atoms with E-state index in [0.29, 0.717) is 24.6 Å². The van der Waals surface area contributed by atoms with E-state index in [0.717, 1.165) is 18.9 Å². The smallest absolute Gasteiger partial charge is 0.271 e. The minimum absolute atomic E-state index is 0.0156. The molecule has 0 radical (unpaired) electrons. The van der Waals surface area contributed by atoms with Crippen molar-refractivity contribution in [1.82, 2.24) is 20.2 Å². The van der Waals surface area contributed by atoms with Gasteiger partial charge in [-0.05, 0) is 56.6 Å². The van der Waals surface area contributed by atoms with Gasteiger partial charge in [0.2, 0.25) is 5.91 Å². The summed E-state index contributed by atoms with van der Waals surface area (Å²) in [7, 11) is 0. The fourth-order valence-corrected chi connectivity index (χ4v) is 4.96. The molecule has 33 heavy (non-hydrogen) atoms. The third-order valence-electron chi connectivity index (χ3n) is 6.62. The fraction of sp³-hybridized carbons (Fsp3) is 0.478. The molecule has 2 saturated heterocycles. The van der Waals surface area contributed by atoms with Crippen LogP contribution in [0.5, 0.6) is 0 Å². The topological polar surface area (TPSA) is 101 Å². The molecule has 4 atom stereocenters. The van der Waals surface area contributed by atoms with Gasteiger partial charge in [0.25, 0.3) is 5.91 Å². The molecule has 2 bridgehead atoms. The lowest BCUT2D eigenvalue weighted by Crippen LogP contribution is -2.52. The third kappa shape index (κ3) is 5.00. The molecule has 176 valence electrons. The molecule has 1 aromatic heterocycles. The number of rotatable bonds is 6. The van der Waals surface area contributed by atoms with Crippen molar-refractivity contribution in [3.8, 4) is 0 Å². The van der Waals surface area contributed by atoms with Crippen LogP contribution < -0.4 is 11.1 Å². The van der Waals surface area contributed by atoms with E-state index in [1.54, 1.807) is 6.92 Å². The maximum atomic E-state index is 14.0. The van der Waals surface area contributed by atoms with Gasteiger partial charge >= 0.3 is 0 Å². The molecule has 7 nitrogen and oxygen atoms in total. The number of amides is 2. The normalized spacial score (nSPS) is 22.8. The second kappa shape index (κ2) is 9.46. The molecule has 0 spiro atoms. The van der Waals surface area contributed by atoms with E-state index >= 15 is 0 Å². The van der Waals surface area contributed by atoms with Gasteiger partial charge in [-0.3, -0.25) is 14.6 Å². The van der Waals surface area contributed by atoms with Gasteiger partial charge in [0.1, 0.15) is 11.5 Å². The Hall–Kier alpha value is -3.01. The fourth-order valence-electron chi connectivity index (χ4n) is 4.96. The lowest BCUT2D eigenvalue weighted by molar-refractivity contribution is -0.135. The summed E-state index contributed by atoms with van der Waals surface area (Å²) >= 11 is 0. The largest absolute Gasteiger partial charge is 0.342 e. The van der Waals surface area contributed by atoms with Crippen LogP contribution in [0, 0.1) is 30.3 Å². The number of piperidine rings is 1. The second-order valence-electron chi connectivity index (χ2n) is 8.87. The quantitative estimate of drug-likeness (QED) is 0.643. The highest BCUT2D eigenvalue weighted by Crippen LogP contribution is 2.40. The van der Waals surface area contributed by atoms with E-state index in [2.05, 4.69) is 15.3 Å². The molecule has 1 aromatic carbocycles. The third-order valence-corrected chi connectivity index (χ3v) is 6.62. The number of nitrogens with zero attached hydrogens (tertiary/aromatic N) is 3. The number of carbonyl (C=O) groups excluding carboxylic acids is 2. The Balaban J connectivity index is 1.34. The zero-order chi connectivity index (χ0) is 23.7. The number of hydrogen-bond acceptors (Lipinski definition) is 5. The number of nitrogens with two attached hydrogens (primary N) is 1. The zero-order valence-electron chi connectivity index (χ0n) is 18.2. The summed E-state index contributed by atoms with van der Waals surface area (Å²) in [4.78, 5) is 34.9. The van der Waals surface area contributed by atoms with Gasteiger partial charge < -0.3 is 16.0 Å².